The molecule has 0 spiro atoms. The third kappa shape index (κ3) is 3.84. The summed E-state index contributed by atoms with van der Waals surface area (Å²) in [6, 6.07) is 8.08. The van der Waals surface area contributed by atoms with E-state index in [1.165, 1.54) is 5.56 Å². The van der Waals surface area contributed by atoms with E-state index in [0.717, 1.165) is 18.5 Å². The number of amides is 1. The number of aryl methyl sites for hydroxylation is 1. The Morgan fingerprint density at radius 1 is 1.44 bits per heavy atom. The summed E-state index contributed by atoms with van der Waals surface area (Å²) in [4.78, 5) is 14.2. The lowest BCUT2D eigenvalue weighted by Gasteiger charge is -2.25. The van der Waals surface area contributed by atoms with E-state index in [4.69, 9.17) is 5.73 Å². The molecule has 0 aliphatic rings. The third-order valence-electron chi connectivity index (χ3n) is 3.16. The van der Waals surface area contributed by atoms with Gasteiger partial charge in [0.05, 0.1) is 0 Å². The van der Waals surface area contributed by atoms with Gasteiger partial charge in [0.25, 0.3) is 0 Å². The molecule has 1 aromatic carbocycles. The molecule has 0 fully saturated rings. The molecule has 1 aromatic rings. The van der Waals surface area contributed by atoms with E-state index < -0.39 is 0 Å². The van der Waals surface area contributed by atoms with Gasteiger partial charge in [0.15, 0.2) is 0 Å². The van der Waals surface area contributed by atoms with Crippen molar-refractivity contribution in [3.05, 3.63) is 29.8 Å². The Morgan fingerprint density at radius 3 is 2.72 bits per heavy atom. The Morgan fingerprint density at radius 2 is 2.17 bits per heavy atom. The van der Waals surface area contributed by atoms with Crippen LogP contribution in [-0.4, -0.2) is 19.0 Å². The number of rotatable bonds is 6. The quantitative estimate of drug-likeness (QED) is 0.841. The zero-order valence-electron chi connectivity index (χ0n) is 11.6. The molecule has 1 atom stereocenters. The van der Waals surface area contributed by atoms with Gasteiger partial charge < -0.3 is 10.6 Å². The lowest BCUT2D eigenvalue weighted by atomic mass is 10.0. The van der Waals surface area contributed by atoms with Gasteiger partial charge in [0.1, 0.15) is 0 Å². The van der Waals surface area contributed by atoms with Crippen LogP contribution in [0.2, 0.25) is 0 Å². The van der Waals surface area contributed by atoms with Gasteiger partial charge in [-0.25, -0.2) is 0 Å². The van der Waals surface area contributed by atoms with Crippen molar-refractivity contribution in [3.8, 4) is 0 Å². The first-order chi connectivity index (χ1) is 8.60. The Balaban J connectivity index is 2.79. The summed E-state index contributed by atoms with van der Waals surface area (Å²) in [5.74, 6) is 0.227. The van der Waals surface area contributed by atoms with E-state index in [2.05, 4.69) is 6.07 Å². The third-order valence-corrected chi connectivity index (χ3v) is 3.16. The van der Waals surface area contributed by atoms with Crippen molar-refractivity contribution < 1.29 is 4.79 Å². The Kier molecular flexibility index (Phi) is 5.86. The molecule has 1 rings (SSSR count). The van der Waals surface area contributed by atoms with E-state index in [1.54, 1.807) is 0 Å². The predicted octanol–water partition coefficient (Wildman–Crippen LogP) is 2.72. The average Bonchev–Trinajstić information content (AvgIpc) is 2.36. The maximum Gasteiger partial charge on any atom is 0.229 e. The van der Waals surface area contributed by atoms with Gasteiger partial charge in [-0.3, -0.25) is 4.79 Å². The number of nitrogens with zero attached hydrogens (tertiary/aromatic N) is 1. The smallest absolute Gasteiger partial charge is 0.229 e. The molecule has 100 valence electrons. The number of hydrogen-bond donors (Lipinski definition) is 1. The summed E-state index contributed by atoms with van der Waals surface area (Å²) < 4.78 is 0. The molecule has 0 aliphatic heterocycles. The van der Waals surface area contributed by atoms with Crippen LogP contribution < -0.4 is 10.6 Å². The van der Waals surface area contributed by atoms with Gasteiger partial charge in [-0.15, -0.1) is 0 Å². The first kappa shape index (κ1) is 14.7. The highest BCUT2D eigenvalue weighted by Crippen LogP contribution is 2.19. The number of anilines is 1. The highest BCUT2D eigenvalue weighted by molar-refractivity contribution is 5.94. The molecule has 0 saturated heterocycles. The average molecular weight is 248 g/mol. The number of nitrogens with two attached hydrogens (primary N) is 1. The molecule has 18 heavy (non-hydrogen) atoms. The maximum absolute atomic E-state index is 12.4. The second kappa shape index (κ2) is 7.17. The Labute approximate surface area is 110 Å². The molecule has 2 N–H and O–H groups in total. The zero-order valence-corrected chi connectivity index (χ0v) is 11.6. The standard InChI is InChI=1S/C15H24N2O/c1-4-17(14-9-5-7-12(2)11-14)15(18)13(3)8-6-10-16/h5,7,9,11,13H,4,6,8,10,16H2,1-3H3. The molecular formula is C15H24N2O. The van der Waals surface area contributed by atoms with Crippen LogP contribution in [0.5, 0.6) is 0 Å². The van der Waals surface area contributed by atoms with Gasteiger partial charge in [0.2, 0.25) is 5.91 Å². The lowest BCUT2D eigenvalue weighted by Crippen LogP contribution is -2.35. The summed E-state index contributed by atoms with van der Waals surface area (Å²) in [7, 11) is 0. The maximum atomic E-state index is 12.4. The van der Waals surface area contributed by atoms with Crippen LogP contribution in [0.25, 0.3) is 0 Å². The van der Waals surface area contributed by atoms with Gasteiger partial charge in [0, 0.05) is 18.2 Å². The van der Waals surface area contributed by atoms with Crippen LogP contribution in [0.3, 0.4) is 0 Å². The monoisotopic (exact) mass is 248 g/mol. The van der Waals surface area contributed by atoms with Crippen molar-refractivity contribution in [3.63, 3.8) is 0 Å². The second-order valence-corrected chi connectivity index (χ2v) is 4.75. The second-order valence-electron chi connectivity index (χ2n) is 4.75. The Hall–Kier alpha value is -1.35. The lowest BCUT2D eigenvalue weighted by molar-refractivity contribution is -0.122. The SMILES string of the molecule is CCN(C(=O)C(C)CCCN)c1cccc(C)c1. The van der Waals surface area contributed by atoms with Crippen molar-refractivity contribution in [2.24, 2.45) is 11.7 Å². The number of hydrogen-bond acceptors (Lipinski definition) is 2. The van der Waals surface area contributed by atoms with Gasteiger partial charge in [-0.05, 0) is 50.9 Å². The highest BCUT2D eigenvalue weighted by atomic mass is 16.2. The van der Waals surface area contributed by atoms with Crippen LogP contribution in [0, 0.1) is 12.8 Å². The summed E-state index contributed by atoms with van der Waals surface area (Å²) in [6.07, 6.45) is 1.76. The zero-order chi connectivity index (χ0) is 13.5. The normalized spacial score (nSPS) is 12.2. The molecule has 0 radical (unpaired) electrons. The van der Waals surface area contributed by atoms with Crippen LogP contribution in [0.15, 0.2) is 24.3 Å². The van der Waals surface area contributed by atoms with Crippen LogP contribution in [-0.2, 0) is 4.79 Å². The van der Waals surface area contributed by atoms with Crippen LogP contribution in [0.1, 0.15) is 32.3 Å². The number of carbonyl (C=O) groups is 1. The molecule has 0 heterocycles. The predicted molar refractivity (Wildman–Crippen MR) is 76.7 cm³/mol. The summed E-state index contributed by atoms with van der Waals surface area (Å²) >= 11 is 0. The summed E-state index contributed by atoms with van der Waals surface area (Å²) in [5, 5.41) is 0. The fraction of sp³-hybridized carbons (Fsp3) is 0.533. The molecular weight excluding hydrogens is 224 g/mol. The molecule has 0 aliphatic carbocycles. The molecule has 0 saturated carbocycles. The van der Waals surface area contributed by atoms with E-state index in [1.807, 2.05) is 43.9 Å². The first-order valence-corrected chi connectivity index (χ1v) is 6.68. The fourth-order valence-electron chi connectivity index (χ4n) is 2.08. The van der Waals surface area contributed by atoms with Crippen molar-refractivity contribution in [1.82, 2.24) is 0 Å². The topological polar surface area (TPSA) is 46.3 Å². The minimum Gasteiger partial charge on any atom is -0.330 e. The summed E-state index contributed by atoms with van der Waals surface area (Å²) in [6.45, 7) is 7.38. The van der Waals surface area contributed by atoms with Crippen LogP contribution >= 0.6 is 0 Å². The van der Waals surface area contributed by atoms with E-state index in [9.17, 15) is 4.79 Å². The minimum atomic E-state index is 0.0361. The molecule has 0 aromatic heterocycles. The van der Waals surface area contributed by atoms with Crippen molar-refractivity contribution >= 4 is 11.6 Å². The van der Waals surface area contributed by atoms with Gasteiger partial charge in [-0.2, -0.15) is 0 Å². The van der Waals surface area contributed by atoms with Crippen molar-refractivity contribution in [1.29, 1.82) is 0 Å². The van der Waals surface area contributed by atoms with E-state index >= 15 is 0 Å². The number of carbonyl (C=O) groups excluding carboxylic acids is 1. The summed E-state index contributed by atoms with van der Waals surface area (Å²) in [5.41, 5.74) is 7.65. The minimum absolute atomic E-state index is 0.0361. The van der Waals surface area contributed by atoms with E-state index in [-0.39, 0.29) is 11.8 Å². The van der Waals surface area contributed by atoms with Gasteiger partial charge in [-0.1, -0.05) is 19.1 Å². The van der Waals surface area contributed by atoms with Crippen molar-refractivity contribution in [2.75, 3.05) is 18.0 Å². The highest BCUT2D eigenvalue weighted by Gasteiger charge is 2.20. The van der Waals surface area contributed by atoms with Gasteiger partial charge >= 0.3 is 0 Å². The van der Waals surface area contributed by atoms with Crippen LogP contribution in [0.4, 0.5) is 5.69 Å². The molecule has 0 bridgehead atoms. The van der Waals surface area contributed by atoms with Crippen molar-refractivity contribution in [2.45, 2.75) is 33.6 Å². The fourth-order valence-corrected chi connectivity index (χ4v) is 2.08. The largest absolute Gasteiger partial charge is 0.330 e. The molecule has 3 nitrogen and oxygen atoms in total. The molecule has 1 unspecified atom stereocenters. The van der Waals surface area contributed by atoms with E-state index in [0.29, 0.717) is 13.1 Å². The first-order valence-electron chi connectivity index (χ1n) is 6.68. The molecule has 1 amide bonds. The number of benzene rings is 1. The Bertz CT molecular complexity index is 390. The molecule has 3 heteroatoms.